The molecule has 4 nitrogen and oxygen atoms in total. The molecule has 1 heterocycles. The molecular weight excluding hydrogens is 221 g/mol. The number of amides is 1. The number of hydrogen-bond donors (Lipinski definition) is 1. The normalized spacial score (nSPS) is 14.7. The summed E-state index contributed by atoms with van der Waals surface area (Å²) in [5, 5.41) is 2.19. The molecule has 0 spiro atoms. The Bertz CT molecular complexity index is 400. The zero-order valence-electron chi connectivity index (χ0n) is 7.66. The summed E-state index contributed by atoms with van der Waals surface area (Å²) in [5.41, 5.74) is 0. The van der Waals surface area contributed by atoms with Crippen molar-refractivity contribution in [3.05, 3.63) is 17.3 Å². The lowest BCUT2D eigenvalue weighted by Crippen LogP contribution is -2.18. The molecule has 0 bridgehead atoms. The van der Waals surface area contributed by atoms with Gasteiger partial charge < -0.3 is 4.74 Å². The molecule has 0 aliphatic heterocycles. The van der Waals surface area contributed by atoms with Gasteiger partial charge in [0.05, 0.1) is 5.92 Å². The van der Waals surface area contributed by atoms with Gasteiger partial charge >= 0.3 is 12.1 Å². The molecule has 0 radical (unpaired) electrons. The molecule has 0 saturated heterocycles. The van der Waals surface area contributed by atoms with Gasteiger partial charge in [0.15, 0.2) is 5.13 Å². The van der Waals surface area contributed by atoms with E-state index in [-0.39, 0.29) is 5.92 Å². The fourth-order valence-corrected chi connectivity index (χ4v) is 1.62. The number of rotatable bonds is 2. The monoisotopic (exact) mass is 229 g/mol. The molecule has 2 rings (SSSR count). The summed E-state index contributed by atoms with van der Waals surface area (Å²) in [6.07, 6.45) is 0.702. The van der Waals surface area contributed by atoms with Crippen LogP contribution in [-0.2, 0) is 9.53 Å². The molecular formula is C9H8FNO3S. The zero-order chi connectivity index (χ0) is 10.8. The highest BCUT2D eigenvalue weighted by atomic mass is 32.1. The Hall–Kier alpha value is -1.43. The lowest BCUT2D eigenvalue weighted by Gasteiger charge is -2.01. The first-order valence-electron chi connectivity index (χ1n) is 4.43. The second-order valence-electron chi connectivity index (χ2n) is 3.21. The van der Waals surface area contributed by atoms with Crippen LogP contribution in [0.25, 0.3) is 0 Å². The van der Waals surface area contributed by atoms with Crippen LogP contribution in [-0.4, -0.2) is 12.1 Å². The Balaban J connectivity index is 1.84. The fraction of sp³-hybridized carbons (Fsp3) is 0.333. The lowest BCUT2D eigenvalue weighted by molar-refractivity contribution is -0.138. The van der Waals surface area contributed by atoms with E-state index in [0.29, 0.717) is 5.00 Å². The maximum atomic E-state index is 12.5. The molecule has 15 heavy (non-hydrogen) atoms. The summed E-state index contributed by atoms with van der Waals surface area (Å²) < 4.78 is 17.0. The summed E-state index contributed by atoms with van der Waals surface area (Å²) in [6, 6.07) is 2.63. The molecule has 0 atom stereocenters. The number of anilines is 1. The van der Waals surface area contributed by atoms with Gasteiger partial charge in [0.2, 0.25) is 0 Å². The van der Waals surface area contributed by atoms with Crippen molar-refractivity contribution in [2.45, 2.75) is 12.8 Å². The molecule has 1 amide bonds. The Kier molecular flexibility index (Phi) is 2.68. The van der Waals surface area contributed by atoms with E-state index in [9.17, 15) is 14.0 Å². The minimum absolute atomic E-state index is 0.129. The number of carbonyl (C=O) groups excluding carboxylic acids is 2. The van der Waals surface area contributed by atoms with Gasteiger partial charge in [-0.1, -0.05) is 11.3 Å². The van der Waals surface area contributed by atoms with Crippen molar-refractivity contribution in [2.75, 3.05) is 5.32 Å². The highest BCUT2D eigenvalue weighted by Gasteiger charge is 2.32. The first-order valence-corrected chi connectivity index (χ1v) is 5.25. The van der Waals surface area contributed by atoms with Crippen molar-refractivity contribution in [3.8, 4) is 0 Å². The number of carbonyl (C=O) groups is 2. The van der Waals surface area contributed by atoms with E-state index in [1.165, 1.54) is 12.1 Å². The van der Waals surface area contributed by atoms with Crippen LogP contribution in [0.3, 0.4) is 0 Å². The predicted octanol–water partition coefficient (Wildman–Crippen LogP) is 2.37. The van der Waals surface area contributed by atoms with Crippen LogP contribution < -0.4 is 5.32 Å². The third kappa shape index (κ3) is 2.76. The Morgan fingerprint density at radius 2 is 2.20 bits per heavy atom. The molecule has 0 unspecified atom stereocenters. The molecule has 1 fully saturated rings. The average molecular weight is 229 g/mol. The zero-order valence-corrected chi connectivity index (χ0v) is 8.47. The van der Waals surface area contributed by atoms with E-state index in [4.69, 9.17) is 0 Å². The average Bonchev–Trinajstić information content (AvgIpc) is 2.92. The van der Waals surface area contributed by atoms with Crippen LogP contribution in [0.5, 0.6) is 0 Å². The number of esters is 1. The molecule has 1 aliphatic carbocycles. The number of thiophene rings is 1. The van der Waals surface area contributed by atoms with Crippen LogP contribution in [0.1, 0.15) is 12.8 Å². The van der Waals surface area contributed by atoms with Gasteiger partial charge in [0, 0.05) is 0 Å². The van der Waals surface area contributed by atoms with Gasteiger partial charge in [-0.3, -0.25) is 10.1 Å². The molecule has 1 aliphatic rings. The third-order valence-corrected chi connectivity index (χ3v) is 2.69. The Morgan fingerprint density at radius 3 is 2.73 bits per heavy atom. The van der Waals surface area contributed by atoms with Crippen molar-refractivity contribution >= 4 is 28.4 Å². The summed E-state index contributed by atoms with van der Waals surface area (Å²) >= 11 is 0.777. The standard InChI is InChI=1S/C9H8FNO3S/c10-6-3-4-7(15-6)11-9(13)14-8(12)5-1-2-5/h3-5H,1-2H2,(H,11,13). The third-order valence-electron chi connectivity index (χ3n) is 1.90. The molecule has 1 aromatic rings. The van der Waals surface area contributed by atoms with Gasteiger partial charge in [-0.05, 0) is 25.0 Å². The number of halogens is 1. The lowest BCUT2D eigenvalue weighted by atomic mass is 10.4. The van der Waals surface area contributed by atoms with E-state index in [1.54, 1.807) is 0 Å². The van der Waals surface area contributed by atoms with Crippen LogP contribution in [0.4, 0.5) is 14.2 Å². The molecule has 0 aromatic carbocycles. The fourth-order valence-electron chi connectivity index (χ4n) is 1.00. The minimum Gasteiger partial charge on any atom is -0.376 e. The highest BCUT2D eigenvalue weighted by Crippen LogP contribution is 2.30. The van der Waals surface area contributed by atoms with Crippen molar-refractivity contribution in [1.82, 2.24) is 0 Å². The quantitative estimate of drug-likeness (QED) is 0.625. The van der Waals surface area contributed by atoms with Crippen molar-refractivity contribution in [3.63, 3.8) is 0 Å². The van der Waals surface area contributed by atoms with E-state index >= 15 is 0 Å². The number of nitrogens with one attached hydrogen (secondary N) is 1. The van der Waals surface area contributed by atoms with Crippen LogP contribution in [0, 0.1) is 11.0 Å². The van der Waals surface area contributed by atoms with Gasteiger partial charge in [0.1, 0.15) is 5.00 Å². The van der Waals surface area contributed by atoms with E-state index in [2.05, 4.69) is 10.1 Å². The van der Waals surface area contributed by atoms with Gasteiger partial charge in [-0.2, -0.15) is 4.39 Å². The topological polar surface area (TPSA) is 55.4 Å². The van der Waals surface area contributed by atoms with Crippen LogP contribution >= 0.6 is 11.3 Å². The second kappa shape index (κ2) is 3.98. The summed E-state index contributed by atoms with van der Waals surface area (Å²) in [6.45, 7) is 0. The van der Waals surface area contributed by atoms with Crippen molar-refractivity contribution < 1.29 is 18.7 Å². The number of hydrogen-bond acceptors (Lipinski definition) is 4. The molecule has 6 heteroatoms. The SMILES string of the molecule is O=C(Nc1ccc(F)s1)OC(=O)C1CC1. The summed E-state index contributed by atoms with van der Waals surface area (Å²) in [4.78, 5) is 22.2. The maximum absolute atomic E-state index is 12.5. The van der Waals surface area contributed by atoms with E-state index < -0.39 is 17.2 Å². The van der Waals surface area contributed by atoms with Gasteiger partial charge in [0.25, 0.3) is 0 Å². The van der Waals surface area contributed by atoms with E-state index in [0.717, 1.165) is 24.2 Å². The maximum Gasteiger partial charge on any atom is 0.420 e. The minimum atomic E-state index is -0.853. The van der Waals surface area contributed by atoms with Crippen LogP contribution in [0.15, 0.2) is 12.1 Å². The van der Waals surface area contributed by atoms with Crippen molar-refractivity contribution in [1.29, 1.82) is 0 Å². The molecule has 1 aromatic heterocycles. The predicted molar refractivity (Wildman–Crippen MR) is 52.1 cm³/mol. The second-order valence-corrected chi connectivity index (χ2v) is 4.25. The summed E-state index contributed by atoms with van der Waals surface area (Å²) in [7, 11) is 0. The Labute approximate surface area is 89.0 Å². The largest absolute Gasteiger partial charge is 0.420 e. The van der Waals surface area contributed by atoms with Crippen LogP contribution in [0.2, 0.25) is 0 Å². The van der Waals surface area contributed by atoms with E-state index in [1.807, 2.05) is 0 Å². The van der Waals surface area contributed by atoms with Gasteiger partial charge in [-0.15, -0.1) is 0 Å². The molecule has 1 saturated carbocycles. The Morgan fingerprint density at radius 1 is 1.47 bits per heavy atom. The first kappa shape index (κ1) is 10.1. The van der Waals surface area contributed by atoms with Gasteiger partial charge in [-0.25, -0.2) is 4.79 Å². The highest BCUT2D eigenvalue weighted by molar-refractivity contribution is 7.14. The molecule has 80 valence electrons. The molecule has 1 N–H and O–H groups in total. The van der Waals surface area contributed by atoms with Crippen molar-refractivity contribution in [2.24, 2.45) is 5.92 Å². The smallest absolute Gasteiger partial charge is 0.376 e. The number of ether oxygens (including phenoxy) is 1. The summed E-state index contributed by atoms with van der Waals surface area (Å²) in [5.74, 6) is -0.639. The first-order chi connectivity index (χ1) is 7.15.